The molecule has 2 N–H and O–H groups in total. The van der Waals surface area contributed by atoms with Crippen LogP contribution in [0, 0.1) is 0 Å². The summed E-state index contributed by atoms with van der Waals surface area (Å²) in [6.07, 6.45) is 2.08. The van der Waals surface area contributed by atoms with E-state index in [1.807, 2.05) is 23.7 Å². The fraction of sp³-hybridized carbons (Fsp3) is 0.417. The van der Waals surface area contributed by atoms with Crippen LogP contribution in [0.25, 0.3) is 10.9 Å². The van der Waals surface area contributed by atoms with Crippen LogP contribution in [0.3, 0.4) is 0 Å². The molecule has 0 saturated carbocycles. The normalized spacial score (nSPS) is 13.7. The van der Waals surface area contributed by atoms with E-state index in [4.69, 9.17) is 5.73 Å². The number of hydrogen-bond donors (Lipinski definition) is 1. The van der Waals surface area contributed by atoms with Gasteiger partial charge in [0, 0.05) is 23.7 Å². The van der Waals surface area contributed by atoms with E-state index in [1.165, 1.54) is 5.39 Å². The Labute approximate surface area is 89.9 Å². The van der Waals surface area contributed by atoms with Crippen LogP contribution in [-0.2, 0) is 0 Å². The van der Waals surface area contributed by atoms with Crippen molar-refractivity contribution in [3.8, 4) is 0 Å². The minimum atomic E-state index is 0.0317. The lowest BCUT2D eigenvalue weighted by atomic mass is 10.1. The summed E-state index contributed by atoms with van der Waals surface area (Å²) in [5.74, 6) is 0. The van der Waals surface area contributed by atoms with Gasteiger partial charge >= 0.3 is 0 Å². The highest BCUT2D eigenvalue weighted by Gasteiger charge is 2.09. The molecule has 0 saturated heterocycles. The molecule has 1 heterocycles. The number of aromatic nitrogens is 2. The first kappa shape index (κ1) is 10.2. The molecule has 0 fully saturated rings. The predicted molar refractivity (Wildman–Crippen MR) is 62.7 cm³/mol. The topological polar surface area (TPSA) is 43.8 Å². The van der Waals surface area contributed by atoms with Gasteiger partial charge in [-0.15, -0.1) is 0 Å². The van der Waals surface area contributed by atoms with Crippen molar-refractivity contribution in [1.29, 1.82) is 0 Å². The van der Waals surface area contributed by atoms with E-state index < -0.39 is 0 Å². The summed E-state index contributed by atoms with van der Waals surface area (Å²) < 4.78 is 1.98. The van der Waals surface area contributed by atoms with E-state index in [0.717, 1.165) is 11.1 Å². The molecule has 0 spiro atoms. The third kappa shape index (κ3) is 1.75. The van der Waals surface area contributed by atoms with Crippen molar-refractivity contribution in [3.63, 3.8) is 0 Å². The average molecular weight is 203 g/mol. The van der Waals surface area contributed by atoms with Crippen LogP contribution in [0.2, 0.25) is 0 Å². The predicted octanol–water partition coefficient (Wildman–Crippen LogP) is 2.64. The second kappa shape index (κ2) is 3.66. The summed E-state index contributed by atoms with van der Waals surface area (Å²) in [7, 11) is 0. The molecule has 3 nitrogen and oxygen atoms in total. The van der Waals surface area contributed by atoms with Gasteiger partial charge in [0.1, 0.15) is 0 Å². The van der Waals surface area contributed by atoms with Crippen LogP contribution >= 0.6 is 0 Å². The Morgan fingerprint density at radius 1 is 1.27 bits per heavy atom. The minimum absolute atomic E-state index is 0.0317. The second-order valence-electron chi connectivity index (χ2n) is 4.28. The zero-order valence-corrected chi connectivity index (χ0v) is 9.44. The third-order valence-corrected chi connectivity index (χ3v) is 2.60. The molecule has 0 aliphatic carbocycles. The summed E-state index contributed by atoms with van der Waals surface area (Å²) in [5.41, 5.74) is 8.06. The highest BCUT2D eigenvalue weighted by molar-refractivity contribution is 5.81. The van der Waals surface area contributed by atoms with Crippen LogP contribution in [-0.4, -0.2) is 9.78 Å². The number of hydrogen-bond acceptors (Lipinski definition) is 2. The lowest BCUT2D eigenvalue weighted by Gasteiger charge is -2.05. The third-order valence-electron chi connectivity index (χ3n) is 2.60. The van der Waals surface area contributed by atoms with Crippen molar-refractivity contribution in [2.75, 3.05) is 0 Å². The molecule has 3 heteroatoms. The largest absolute Gasteiger partial charge is 0.324 e. The van der Waals surface area contributed by atoms with Crippen molar-refractivity contribution in [3.05, 3.63) is 30.0 Å². The average Bonchev–Trinajstić information content (AvgIpc) is 2.60. The molecule has 0 aliphatic heterocycles. The van der Waals surface area contributed by atoms with Gasteiger partial charge in [0.2, 0.25) is 0 Å². The zero-order chi connectivity index (χ0) is 11.0. The molecule has 15 heavy (non-hydrogen) atoms. The number of benzene rings is 1. The lowest BCUT2D eigenvalue weighted by molar-refractivity contribution is 0.537. The maximum atomic E-state index is 5.92. The van der Waals surface area contributed by atoms with Gasteiger partial charge in [-0.2, -0.15) is 5.10 Å². The van der Waals surface area contributed by atoms with Gasteiger partial charge in [0.05, 0.1) is 5.52 Å². The van der Waals surface area contributed by atoms with Gasteiger partial charge in [-0.1, -0.05) is 18.2 Å². The van der Waals surface area contributed by atoms with Crippen molar-refractivity contribution >= 4 is 10.9 Å². The van der Waals surface area contributed by atoms with E-state index in [-0.39, 0.29) is 6.04 Å². The van der Waals surface area contributed by atoms with Crippen molar-refractivity contribution in [2.45, 2.75) is 32.9 Å². The fourth-order valence-corrected chi connectivity index (χ4v) is 1.72. The molecule has 0 radical (unpaired) electrons. The van der Waals surface area contributed by atoms with Crippen molar-refractivity contribution in [1.82, 2.24) is 9.78 Å². The fourth-order valence-electron chi connectivity index (χ4n) is 1.72. The molecular formula is C12H17N3. The standard InChI is InChI=1S/C12H17N3/c1-8(2)15-7-10-5-4-6-11(9(3)13)12(10)14-15/h4-9H,13H2,1-3H3. The molecule has 0 aliphatic rings. The first-order chi connectivity index (χ1) is 7.09. The Kier molecular flexibility index (Phi) is 2.49. The Balaban J connectivity index is 2.64. The maximum Gasteiger partial charge on any atom is 0.0970 e. The summed E-state index contributed by atoms with van der Waals surface area (Å²) in [5, 5.41) is 5.74. The summed E-state index contributed by atoms with van der Waals surface area (Å²) >= 11 is 0. The van der Waals surface area contributed by atoms with Crippen LogP contribution in [0.1, 0.15) is 38.4 Å². The first-order valence-corrected chi connectivity index (χ1v) is 5.33. The van der Waals surface area contributed by atoms with Gasteiger partial charge in [0.25, 0.3) is 0 Å². The molecule has 0 bridgehead atoms. The van der Waals surface area contributed by atoms with E-state index >= 15 is 0 Å². The Morgan fingerprint density at radius 2 is 2.00 bits per heavy atom. The number of rotatable bonds is 2. The van der Waals surface area contributed by atoms with E-state index in [9.17, 15) is 0 Å². The van der Waals surface area contributed by atoms with Crippen LogP contribution < -0.4 is 5.73 Å². The molecule has 80 valence electrons. The highest BCUT2D eigenvalue weighted by Crippen LogP contribution is 2.22. The maximum absolute atomic E-state index is 5.92. The van der Waals surface area contributed by atoms with Gasteiger partial charge < -0.3 is 5.73 Å². The monoisotopic (exact) mass is 203 g/mol. The molecular weight excluding hydrogens is 186 g/mol. The van der Waals surface area contributed by atoms with E-state index in [0.29, 0.717) is 6.04 Å². The smallest absolute Gasteiger partial charge is 0.0970 e. The van der Waals surface area contributed by atoms with E-state index in [1.54, 1.807) is 0 Å². The molecule has 1 atom stereocenters. The molecule has 1 aromatic heterocycles. The number of fused-ring (bicyclic) bond motifs is 1. The second-order valence-corrected chi connectivity index (χ2v) is 4.28. The summed E-state index contributed by atoms with van der Waals surface area (Å²) in [6.45, 7) is 6.23. The van der Waals surface area contributed by atoms with E-state index in [2.05, 4.69) is 31.2 Å². The molecule has 1 unspecified atom stereocenters. The molecule has 1 aromatic carbocycles. The van der Waals surface area contributed by atoms with Crippen molar-refractivity contribution < 1.29 is 0 Å². The summed E-state index contributed by atoms with van der Waals surface area (Å²) in [6, 6.07) is 6.58. The minimum Gasteiger partial charge on any atom is -0.324 e. The molecule has 0 amide bonds. The van der Waals surface area contributed by atoms with Gasteiger partial charge in [-0.3, -0.25) is 4.68 Å². The number of nitrogens with two attached hydrogens (primary N) is 1. The molecule has 2 rings (SSSR count). The molecule has 2 aromatic rings. The summed E-state index contributed by atoms with van der Waals surface area (Å²) in [4.78, 5) is 0. The Bertz CT molecular complexity index is 469. The van der Waals surface area contributed by atoms with Gasteiger partial charge in [-0.05, 0) is 26.3 Å². The number of nitrogens with zero attached hydrogens (tertiary/aromatic N) is 2. The van der Waals surface area contributed by atoms with Crippen LogP contribution in [0.15, 0.2) is 24.4 Å². The van der Waals surface area contributed by atoms with Gasteiger partial charge in [-0.25, -0.2) is 0 Å². The lowest BCUT2D eigenvalue weighted by Crippen LogP contribution is -2.06. The van der Waals surface area contributed by atoms with Crippen LogP contribution in [0.4, 0.5) is 0 Å². The SMILES string of the molecule is CC(N)c1cccc2cn(C(C)C)nc12. The van der Waals surface area contributed by atoms with Gasteiger partial charge in [0.15, 0.2) is 0 Å². The highest BCUT2D eigenvalue weighted by atomic mass is 15.3. The first-order valence-electron chi connectivity index (χ1n) is 5.33. The van der Waals surface area contributed by atoms with Crippen LogP contribution in [0.5, 0.6) is 0 Å². The zero-order valence-electron chi connectivity index (χ0n) is 9.44. The Morgan fingerprint density at radius 3 is 2.60 bits per heavy atom. The van der Waals surface area contributed by atoms with Crippen molar-refractivity contribution in [2.24, 2.45) is 5.73 Å². The quantitative estimate of drug-likeness (QED) is 0.815. The Hall–Kier alpha value is -1.35.